The monoisotopic (exact) mass is 683 g/mol. The highest BCUT2D eigenvalue weighted by atomic mass is 32.2. The van der Waals surface area contributed by atoms with E-state index in [4.69, 9.17) is 0 Å². The van der Waals surface area contributed by atoms with Crippen LogP contribution in [0.4, 0.5) is 4.79 Å². The second-order valence-electron chi connectivity index (χ2n) is 16.3. The van der Waals surface area contributed by atoms with Crippen molar-refractivity contribution < 1.29 is 32.4 Å². The van der Waals surface area contributed by atoms with Gasteiger partial charge in [-0.3, -0.25) is 19.2 Å². The molecule has 0 aromatic heterocycles. The molecule has 2 aliphatic carbocycles. The molecule has 15 heteroatoms. The number of hydrogen-bond acceptors (Lipinski definition) is 7. The van der Waals surface area contributed by atoms with E-state index >= 15 is 0 Å². The number of Topliss-reactive ketones (excluding diaryl/α,β-unsaturated/α-hetero) is 1. The van der Waals surface area contributed by atoms with Crippen LogP contribution in [0.15, 0.2) is 0 Å². The molecule has 3 rings (SSSR count). The van der Waals surface area contributed by atoms with Gasteiger partial charge in [-0.1, -0.05) is 55.4 Å². The topological polar surface area (TPSA) is 177 Å². The first-order valence-electron chi connectivity index (χ1n) is 16.5. The number of likely N-dealkylation sites (tertiary alicyclic amines) is 1. The number of rotatable bonds is 13. The van der Waals surface area contributed by atoms with Crippen molar-refractivity contribution in [3.63, 3.8) is 0 Å². The van der Waals surface area contributed by atoms with E-state index in [1.807, 2.05) is 41.5 Å². The molecule has 14 nitrogen and oxygen atoms in total. The summed E-state index contributed by atoms with van der Waals surface area (Å²) in [5.41, 5.74) is -1.49. The zero-order valence-corrected chi connectivity index (χ0v) is 31.0. The fraction of sp³-hybridized carbons (Fsp3) is 0.844. The Labute approximate surface area is 280 Å². The van der Waals surface area contributed by atoms with Crippen LogP contribution in [0.5, 0.6) is 0 Å². The van der Waals surface area contributed by atoms with Gasteiger partial charge in [0.25, 0.3) is 16.1 Å². The molecular weight excluding hydrogens is 626 g/mol. The van der Waals surface area contributed by atoms with Crippen molar-refractivity contribution in [2.24, 2.45) is 34.0 Å². The number of nitrogens with zero attached hydrogens (tertiary/aromatic N) is 3. The van der Waals surface area contributed by atoms with Gasteiger partial charge in [-0.15, -0.1) is 0 Å². The lowest BCUT2D eigenvalue weighted by Crippen LogP contribution is -2.63. The van der Waals surface area contributed by atoms with Crippen molar-refractivity contribution in [1.29, 1.82) is 0 Å². The van der Waals surface area contributed by atoms with Gasteiger partial charge in [0, 0.05) is 46.8 Å². The third-order valence-electron chi connectivity index (χ3n) is 10.0. The Kier molecular flexibility index (Phi) is 11.2. The number of carbonyl (C=O) groups is 5. The third kappa shape index (κ3) is 8.45. The summed E-state index contributed by atoms with van der Waals surface area (Å²) in [6, 6.07) is -4.11. The van der Waals surface area contributed by atoms with Crippen LogP contribution in [-0.2, 0) is 29.4 Å². The number of likely N-dealkylation sites (N-methyl/N-ethyl adjacent to an activating group) is 2. The quantitative estimate of drug-likeness (QED) is 0.209. The van der Waals surface area contributed by atoms with Crippen LogP contribution in [0, 0.1) is 34.0 Å². The van der Waals surface area contributed by atoms with Gasteiger partial charge in [0.15, 0.2) is 0 Å². The highest BCUT2D eigenvalue weighted by molar-refractivity contribution is 7.86. The average molecular weight is 684 g/mol. The molecule has 0 bridgehead atoms. The minimum atomic E-state index is -3.73. The standard InChI is InChI=1S/C32H57N7O7S/c1-13-33-27(42)24(40)22(18-14-15-18)35-26(41)23-21-19(32(21,8)9)16-39(23)28(43)25(31(5,6)7)36-29(44)34-20(30(2,3)4)17-38(12)47(45,46)37(10)11/h18-23,25H,13-17H2,1-12H3,(H,33,42)(H,35,41)(H2,34,36,44)/t19-,20+,21-,22?,23-,25+/m0/s1. The number of carbonyl (C=O) groups excluding carboxylic acids is 5. The summed E-state index contributed by atoms with van der Waals surface area (Å²) in [4.78, 5) is 68.7. The van der Waals surface area contributed by atoms with E-state index in [0.717, 1.165) is 17.1 Å². The summed E-state index contributed by atoms with van der Waals surface area (Å²) >= 11 is 0. The van der Waals surface area contributed by atoms with Crippen LogP contribution in [0.3, 0.4) is 0 Å². The maximum atomic E-state index is 14.3. The van der Waals surface area contributed by atoms with E-state index in [2.05, 4.69) is 35.1 Å². The van der Waals surface area contributed by atoms with Gasteiger partial charge >= 0.3 is 6.03 Å². The van der Waals surface area contributed by atoms with Crippen molar-refractivity contribution in [1.82, 2.24) is 34.8 Å². The highest BCUT2D eigenvalue weighted by Crippen LogP contribution is 2.65. The molecule has 2 saturated carbocycles. The molecule has 0 radical (unpaired) electrons. The molecule has 1 aliphatic heterocycles. The van der Waals surface area contributed by atoms with Crippen LogP contribution in [0.1, 0.15) is 75.2 Å². The Morgan fingerprint density at radius 2 is 1.49 bits per heavy atom. The number of nitrogens with one attached hydrogen (secondary N) is 4. The van der Waals surface area contributed by atoms with Crippen molar-refractivity contribution in [3.05, 3.63) is 0 Å². The Morgan fingerprint density at radius 3 is 1.96 bits per heavy atom. The molecule has 6 atom stereocenters. The molecule has 1 saturated heterocycles. The van der Waals surface area contributed by atoms with E-state index in [1.54, 1.807) is 6.92 Å². The molecule has 47 heavy (non-hydrogen) atoms. The van der Waals surface area contributed by atoms with E-state index in [0.29, 0.717) is 6.54 Å². The lowest BCUT2D eigenvalue weighted by atomic mass is 9.85. The Balaban J connectivity index is 1.83. The molecule has 1 heterocycles. The second-order valence-corrected chi connectivity index (χ2v) is 18.6. The van der Waals surface area contributed by atoms with Gasteiger partial charge in [-0.25, -0.2) is 4.79 Å². The van der Waals surface area contributed by atoms with Gasteiger partial charge < -0.3 is 26.2 Å². The fourth-order valence-corrected chi connectivity index (χ4v) is 7.47. The summed E-state index contributed by atoms with van der Waals surface area (Å²) in [5, 5.41) is 11.1. The third-order valence-corrected chi connectivity index (χ3v) is 11.9. The Bertz CT molecular complexity index is 1350. The average Bonchev–Trinajstić information content (AvgIpc) is 3.81. The van der Waals surface area contributed by atoms with Crippen LogP contribution >= 0.6 is 0 Å². The summed E-state index contributed by atoms with van der Waals surface area (Å²) in [6.07, 6.45) is 1.44. The molecule has 0 aromatic rings. The minimum absolute atomic E-state index is 0.00443. The smallest absolute Gasteiger partial charge is 0.315 e. The zero-order chi connectivity index (χ0) is 36.0. The van der Waals surface area contributed by atoms with Crippen molar-refractivity contribution in [3.8, 4) is 0 Å². The molecule has 1 unspecified atom stereocenters. The van der Waals surface area contributed by atoms with Crippen LogP contribution in [0.2, 0.25) is 0 Å². The fourth-order valence-electron chi connectivity index (χ4n) is 6.58. The van der Waals surface area contributed by atoms with E-state index < -0.39 is 74.7 Å². The number of hydrogen-bond donors (Lipinski definition) is 4. The maximum absolute atomic E-state index is 14.3. The van der Waals surface area contributed by atoms with Crippen LogP contribution < -0.4 is 21.3 Å². The lowest BCUT2D eigenvalue weighted by molar-refractivity contribution is -0.145. The Hall–Kier alpha value is -2.78. The SMILES string of the molecule is CCNC(=O)C(=O)C(NC(=O)[C@@H]1[C@@H]2[C@H](CN1C(=O)[C@@H](NC(=O)N[C@H](CN(C)S(=O)(=O)N(C)C)C(C)(C)C)C(C)(C)C)C2(C)C)C1CC1. The van der Waals surface area contributed by atoms with Crippen LogP contribution in [0.25, 0.3) is 0 Å². The molecule has 0 spiro atoms. The van der Waals surface area contributed by atoms with Gasteiger partial charge in [0.2, 0.25) is 17.6 Å². The number of piperidine rings is 1. The first-order chi connectivity index (χ1) is 21.4. The van der Waals surface area contributed by atoms with Gasteiger partial charge in [-0.2, -0.15) is 17.0 Å². The largest absolute Gasteiger partial charge is 0.350 e. The summed E-state index contributed by atoms with van der Waals surface area (Å²) in [6.45, 7) is 17.5. The lowest BCUT2D eigenvalue weighted by Gasteiger charge is -2.39. The van der Waals surface area contributed by atoms with Crippen molar-refractivity contribution in [2.45, 2.75) is 99.3 Å². The maximum Gasteiger partial charge on any atom is 0.315 e. The second kappa shape index (κ2) is 13.6. The van der Waals surface area contributed by atoms with Gasteiger partial charge in [0.1, 0.15) is 18.1 Å². The molecule has 3 fully saturated rings. The first-order valence-corrected chi connectivity index (χ1v) is 17.9. The molecule has 268 valence electrons. The molecule has 0 aromatic carbocycles. The number of urea groups is 1. The molecular formula is C32H57N7O7S. The predicted octanol–water partition coefficient (Wildman–Crippen LogP) is 0.936. The highest BCUT2D eigenvalue weighted by Gasteiger charge is 2.70. The predicted molar refractivity (Wildman–Crippen MR) is 178 cm³/mol. The van der Waals surface area contributed by atoms with Crippen molar-refractivity contribution >= 4 is 39.7 Å². The summed E-state index contributed by atoms with van der Waals surface area (Å²) in [7, 11) is 0.573. The number of amides is 5. The Morgan fingerprint density at radius 1 is 0.915 bits per heavy atom. The molecule has 4 N–H and O–H groups in total. The zero-order valence-electron chi connectivity index (χ0n) is 30.2. The number of fused-ring (bicyclic) bond motifs is 1. The first kappa shape index (κ1) is 38.7. The van der Waals surface area contributed by atoms with E-state index in [-0.39, 0.29) is 36.3 Å². The molecule has 3 aliphatic rings. The minimum Gasteiger partial charge on any atom is -0.350 e. The molecule has 5 amide bonds. The van der Waals surface area contributed by atoms with Crippen LogP contribution in [-0.4, -0.2) is 116 Å². The van der Waals surface area contributed by atoms with E-state index in [9.17, 15) is 32.4 Å². The number of ketones is 1. The van der Waals surface area contributed by atoms with Gasteiger partial charge in [0.05, 0.1) is 0 Å². The van der Waals surface area contributed by atoms with Crippen molar-refractivity contribution in [2.75, 3.05) is 40.8 Å². The normalized spacial score (nSPS) is 24.2. The summed E-state index contributed by atoms with van der Waals surface area (Å²) < 4.78 is 27.7. The summed E-state index contributed by atoms with van der Waals surface area (Å²) in [5.74, 6) is -2.52. The van der Waals surface area contributed by atoms with Gasteiger partial charge in [-0.05, 0) is 53.8 Å². The van der Waals surface area contributed by atoms with E-state index in [1.165, 1.54) is 30.3 Å².